The van der Waals surface area contributed by atoms with E-state index in [-0.39, 0.29) is 10.6 Å². The maximum Gasteiger partial charge on any atom is 0.241 e. The Morgan fingerprint density at radius 1 is 1.40 bits per heavy atom. The first-order chi connectivity index (χ1) is 6.90. The zero-order valence-electron chi connectivity index (χ0n) is 8.35. The number of rotatable bonds is 3. The van der Waals surface area contributed by atoms with Crippen molar-refractivity contribution in [3.05, 3.63) is 23.3 Å². The Bertz CT molecular complexity index is 493. The predicted octanol–water partition coefficient (Wildman–Crippen LogP) is 0.464. The molecule has 0 aromatic heterocycles. The average molecular weight is 229 g/mol. The van der Waals surface area contributed by atoms with Gasteiger partial charge in [0.15, 0.2) is 0 Å². The molecule has 0 bridgehead atoms. The summed E-state index contributed by atoms with van der Waals surface area (Å²) in [7, 11) is -2.52. The van der Waals surface area contributed by atoms with Gasteiger partial charge in [-0.25, -0.2) is 13.6 Å². The summed E-state index contributed by atoms with van der Waals surface area (Å²) >= 11 is 0. The molecule has 82 valence electrons. The van der Waals surface area contributed by atoms with Crippen molar-refractivity contribution < 1.29 is 17.9 Å². The number of nitrogens with two attached hydrogens (primary N) is 1. The molecular formula is C9H11NO4S. The maximum atomic E-state index is 11.2. The van der Waals surface area contributed by atoms with Gasteiger partial charge < -0.3 is 4.74 Å². The fraction of sp³-hybridized carbons (Fsp3) is 0.222. The number of carbonyl (C=O) groups is 1. The van der Waals surface area contributed by atoms with Gasteiger partial charge in [-0.05, 0) is 24.6 Å². The van der Waals surface area contributed by atoms with Gasteiger partial charge in [0.25, 0.3) is 0 Å². The summed E-state index contributed by atoms with van der Waals surface area (Å²) in [6.07, 6.45) is 0.630. The fourth-order valence-electron chi connectivity index (χ4n) is 1.19. The van der Waals surface area contributed by atoms with E-state index < -0.39 is 10.0 Å². The number of sulfonamides is 1. The Labute approximate surface area is 87.9 Å². The van der Waals surface area contributed by atoms with Gasteiger partial charge in [0, 0.05) is 5.56 Å². The van der Waals surface area contributed by atoms with E-state index in [0.29, 0.717) is 17.4 Å². The van der Waals surface area contributed by atoms with Crippen LogP contribution >= 0.6 is 0 Å². The molecule has 1 rings (SSSR count). The van der Waals surface area contributed by atoms with Crippen molar-refractivity contribution in [1.29, 1.82) is 0 Å². The van der Waals surface area contributed by atoms with Crippen LogP contribution in [0.2, 0.25) is 0 Å². The third kappa shape index (κ3) is 2.34. The van der Waals surface area contributed by atoms with Crippen molar-refractivity contribution in [1.82, 2.24) is 0 Å². The SMILES string of the molecule is COc1cc(C=O)c(C)cc1S(N)(=O)=O. The maximum absolute atomic E-state index is 11.2. The number of carbonyl (C=O) groups excluding carboxylic acids is 1. The quantitative estimate of drug-likeness (QED) is 0.763. The van der Waals surface area contributed by atoms with E-state index in [1.165, 1.54) is 19.2 Å². The summed E-state index contributed by atoms with van der Waals surface area (Å²) in [5, 5.41) is 5.00. The zero-order chi connectivity index (χ0) is 11.6. The molecule has 0 heterocycles. The highest BCUT2D eigenvalue weighted by Gasteiger charge is 2.16. The van der Waals surface area contributed by atoms with Crippen LogP contribution in [0.25, 0.3) is 0 Å². The molecule has 5 nitrogen and oxygen atoms in total. The van der Waals surface area contributed by atoms with E-state index in [1.807, 2.05) is 0 Å². The topological polar surface area (TPSA) is 86.5 Å². The van der Waals surface area contributed by atoms with Crippen LogP contribution in [0.4, 0.5) is 0 Å². The summed E-state index contributed by atoms with van der Waals surface area (Å²) < 4.78 is 27.2. The first-order valence-electron chi connectivity index (χ1n) is 4.06. The molecule has 0 amide bonds. The van der Waals surface area contributed by atoms with Crippen LogP contribution in [0.15, 0.2) is 17.0 Å². The smallest absolute Gasteiger partial charge is 0.241 e. The second-order valence-corrected chi connectivity index (χ2v) is 4.55. The van der Waals surface area contributed by atoms with E-state index in [2.05, 4.69) is 0 Å². The number of aldehydes is 1. The Kier molecular flexibility index (Phi) is 3.11. The molecule has 0 aliphatic rings. The molecule has 0 unspecified atom stereocenters. The molecule has 6 heteroatoms. The van der Waals surface area contributed by atoms with E-state index in [4.69, 9.17) is 9.88 Å². The molecule has 1 aromatic rings. The number of methoxy groups -OCH3 is 1. The highest BCUT2D eigenvalue weighted by Crippen LogP contribution is 2.25. The Balaban J connectivity index is 3.54. The van der Waals surface area contributed by atoms with Crippen LogP contribution < -0.4 is 9.88 Å². The molecule has 15 heavy (non-hydrogen) atoms. The number of hydrogen-bond acceptors (Lipinski definition) is 4. The minimum Gasteiger partial charge on any atom is -0.495 e. The molecule has 0 fully saturated rings. The number of benzene rings is 1. The van der Waals surface area contributed by atoms with E-state index >= 15 is 0 Å². The van der Waals surface area contributed by atoms with Crippen LogP contribution in [-0.2, 0) is 10.0 Å². The van der Waals surface area contributed by atoms with Crippen molar-refractivity contribution in [3.8, 4) is 5.75 Å². The molecule has 0 aliphatic carbocycles. The van der Waals surface area contributed by atoms with E-state index in [9.17, 15) is 13.2 Å². The van der Waals surface area contributed by atoms with E-state index in [0.717, 1.165) is 0 Å². The Hall–Kier alpha value is -1.40. The number of hydrogen-bond donors (Lipinski definition) is 1. The van der Waals surface area contributed by atoms with Gasteiger partial charge in [-0.15, -0.1) is 0 Å². The highest BCUT2D eigenvalue weighted by atomic mass is 32.2. The average Bonchev–Trinajstić information content (AvgIpc) is 2.16. The molecule has 0 saturated carbocycles. The van der Waals surface area contributed by atoms with Crippen molar-refractivity contribution in [2.24, 2.45) is 5.14 Å². The van der Waals surface area contributed by atoms with Crippen LogP contribution in [0, 0.1) is 6.92 Å². The second kappa shape index (κ2) is 4.00. The van der Waals surface area contributed by atoms with Crippen molar-refractivity contribution >= 4 is 16.3 Å². The zero-order valence-corrected chi connectivity index (χ0v) is 9.17. The van der Waals surface area contributed by atoms with Crippen molar-refractivity contribution in [3.63, 3.8) is 0 Å². The van der Waals surface area contributed by atoms with Gasteiger partial charge in [0.2, 0.25) is 10.0 Å². The number of aryl methyl sites for hydroxylation is 1. The summed E-state index contributed by atoms with van der Waals surface area (Å²) in [4.78, 5) is 10.5. The monoisotopic (exact) mass is 229 g/mol. The molecule has 1 aromatic carbocycles. The molecule has 0 aliphatic heterocycles. The number of primary sulfonamides is 1. The Morgan fingerprint density at radius 3 is 2.40 bits per heavy atom. The largest absolute Gasteiger partial charge is 0.495 e. The molecule has 0 spiro atoms. The number of ether oxygens (including phenoxy) is 1. The van der Waals surface area contributed by atoms with Gasteiger partial charge in [0.05, 0.1) is 7.11 Å². The van der Waals surface area contributed by atoms with Gasteiger partial charge >= 0.3 is 0 Å². The summed E-state index contributed by atoms with van der Waals surface area (Å²) in [6, 6.07) is 2.67. The lowest BCUT2D eigenvalue weighted by Crippen LogP contribution is -2.14. The van der Waals surface area contributed by atoms with Crippen molar-refractivity contribution in [2.75, 3.05) is 7.11 Å². The minimum absolute atomic E-state index is 0.0743. The predicted molar refractivity (Wildman–Crippen MR) is 54.5 cm³/mol. The fourth-order valence-corrected chi connectivity index (χ4v) is 1.95. The third-order valence-corrected chi connectivity index (χ3v) is 2.92. The highest BCUT2D eigenvalue weighted by molar-refractivity contribution is 7.89. The van der Waals surface area contributed by atoms with Crippen LogP contribution in [0.3, 0.4) is 0 Å². The van der Waals surface area contributed by atoms with Crippen molar-refractivity contribution in [2.45, 2.75) is 11.8 Å². The minimum atomic E-state index is -3.83. The van der Waals surface area contributed by atoms with Gasteiger partial charge in [-0.2, -0.15) is 0 Å². The van der Waals surface area contributed by atoms with Crippen LogP contribution in [0.5, 0.6) is 5.75 Å². The standard InChI is InChI=1S/C9H11NO4S/c1-6-3-9(15(10,12)13)8(14-2)4-7(6)5-11/h3-5H,1-2H3,(H2,10,12,13). The molecular weight excluding hydrogens is 218 g/mol. The molecule has 0 saturated heterocycles. The second-order valence-electron chi connectivity index (χ2n) is 3.02. The van der Waals surface area contributed by atoms with E-state index in [1.54, 1.807) is 6.92 Å². The summed E-state index contributed by atoms with van der Waals surface area (Å²) in [5.41, 5.74) is 0.911. The summed E-state index contributed by atoms with van der Waals surface area (Å²) in [5.74, 6) is 0.0743. The Morgan fingerprint density at radius 2 is 2.00 bits per heavy atom. The third-order valence-electron chi connectivity index (χ3n) is 1.99. The molecule has 2 N–H and O–H groups in total. The first-order valence-corrected chi connectivity index (χ1v) is 5.61. The van der Waals surface area contributed by atoms with Crippen LogP contribution in [-0.4, -0.2) is 21.8 Å². The van der Waals surface area contributed by atoms with Gasteiger partial charge in [-0.3, -0.25) is 4.79 Å². The van der Waals surface area contributed by atoms with Crippen LogP contribution in [0.1, 0.15) is 15.9 Å². The van der Waals surface area contributed by atoms with Gasteiger partial charge in [0.1, 0.15) is 16.9 Å². The molecule has 0 atom stereocenters. The molecule has 0 radical (unpaired) electrons. The lowest BCUT2D eigenvalue weighted by atomic mass is 10.1. The lowest BCUT2D eigenvalue weighted by Gasteiger charge is -2.09. The van der Waals surface area contributed by atoms with Gasteiger partial charge in [-0.1, -0.05) is 0 Å². The normalized spacial score (nSPS) is 11.1. The lowest BCUT2D eigenvalue weighted by molar-refractivity contribution is 0.112. The first kappa shape index (κ1) is 11.7. The summed E-state index contributed by atoms with van der Waals surface area (Å²) in [6.45, 7) is 1.62.